The summed E-state index contributed by atoms with van der Waals surface area (Å²) in [5, 5.41) is 12.6. The average Bonchev–Trinajstić information content (AvgIpc) is 3.18. The van der Waals surface area contributed by atoms with Gasteiger partial charge in [0.05, 0.1) is 16.8 Å². The molecule has 3 heterocycles. The summed E-state index contributed by atoms with van der Waals surface area (Å²) in [5.41, 5.74) is 2.12. The Labute approximate surface area is 215 Å². The molecule has 198 valence electrons. The number of likely N-dealkylation sites (tertiary alicyclic amines) is 1. The lowest BCUT2D eigenvalue weighted by Gasteiger charge is -2.34. The summed E-state index contributed by atoms with van der Waals surface area (Å²) in [6.45, 7) is 3.82. The molecule has 6 rings (SSSR count). The summed E-state index contributed by atoms with van der Waals surface area (Å²) in [6.07, 6.45) is 9.36. The van der Waals surface area contributed by atoms with Crippen molar-refractivity contribution in [2.45, 2.75) is 69.2 Å². The highest BCUT2D eigenvalue weighted by molar-refractivity contribution is 6.06. The fraction of sp³-hybridized carbons (Fsp3) is 0.607. The first kappa shape index (κ1) is 24.5. The van der Waals surface area contributed by atoms with Crippen molar-refractivity contribution < 1.29 is 18.1 Å². The number of alkyl halides is 2. The lowest BCUT2D eigenvalue weighted by atomic mass is 9.83. The predicted octanol–water partition coefficient (Wildman–Crippen LogP) is 5.02. The van der Waals surface area contributed by atoms with Crippen LogP contribution in [-0.4, -0.2) is 51.4 Å². The Bertz CT molecular complexity index is 1290. The van der Waals surface area contributed by atoms with Gasteiger partial charge in [0.25, 0.3) is 5.91 Å². The number of piperidine rings is 1. The monoisotopic (exact) mass is 511 g/mol. The molecule has 37 heavy (non-hydrogen) atoms. The van der Waals surface area contributed by atoms with Crippen LogP contribution in [0, 0.1) is 11.8 Å². The van der Waals surface area contributed by atoms with Gasteiger partial charge < -0.3 is 14.7 Å². The molecule has 2 atom stereocenters. The molecular weight excluding hydrogens is 476 g/mol. The second kappa shape index (κ2) is 9.19. The minimum Gasteiger partial charge on any atom is -0.355 e. The number of fused-ring (bicyclic) bond motifs is 2. The Hall–Kier alpha value is -2.81. The van der Waals surface area contributed by atoms with Gasteiger partial charge in [0.2, 0.25) is 5.76 Å². The van der Waals surface area contributed by atoms with Gasteiger partial charge >= 0.3 is 5.92 Å². The minimum absolute atomic E-state index is 0.0171. The van der Waals surface area contributed by atoms with Crippen LogP contribution in [0.5, 0.6) is 0 Å². The van der Waals surface area contributed by atoms with Gasteiger partial charge in [0.1, 0.15) is 0 Å². The van der Waals surface area contributed by atoms with Gasteiger partial charge in [-0.25, -0.2) is 0 Å². The maximum Gasteiger partial charge on any atom is 0.304 e. The highest BCUT2D eigenvalue weighted by Crippen LogP contribution is 2.58. The lowest BCUT2D eigenvalue weighted by molar-refractivity contribution is -0.0106. The lowest BCUT2D eigenvalue weighted by Crippen LogP contribution is -2.41. The van der Waals surface area contributed by atoms with Crippen LogP contribution in [0.4, 0.5) is 8.78 Å². The van der Waals surface area contributed by atoms with Crippen molar-refractivity contribution in [3.8, 4) is 0 Å². The van der Waals surface area contributed by atoms with E-state index in [2.05, 4.69) is 20.5 Å². The third-order valence-corrected chi connectivity index (χ3v) is 8.93. The number of benzene rings is 1. The van der Waals surface area contributed by atoms with Gasteiger partial charge in [-0.05, 0) is 82.0 Å². The molecule has 2 aromatic heterocycles. The number of aryl methyl sites for hydroxylation is 1. The van der Waals surface area contributed by atoms with Crippen LogP contribution < -0.4 is 5.32 Å². The summed E-state index contributed by atoms with van der Waals surface area (Å²) in [6, 6.07) is 7.37. The third-order valence-electron chi connectivity index (χ3n) is 8.93. The molecule has 0 bridgehead atoms. The highest BCUT2D eigenvalue weighted by atomic mass is 19.3. The average molecular weight is 512 g/mol. The molecule has 2 saturated carbocycles. The molecule has 1 N–H and O–H groups in total. The Balaban J connectivity index is 0.986. The van der Waals surface area contributed by atoms with Gasteiger partial charge in [0.15, 0.2) is 0 Å². The molecular formula is C28H35F2N5O2. The molecule has 1 aliphatic heterocycles. The Morgan fingerprint density at radius 2 is 2.05 bits per heavy atom. The number of carbonyl (C=O) groups is 1. The maximum absolute atomic E-state index is 13.7. The third kappa shape index (κ3) is 4.78. The summed E-state index contributed by atoms with van der Waals surface area (Å²) >= 11 is 0. The predicted molar refractivity (Wildman–Crippen MR) is 135 cm³/mol. The molecule has 2 unspecified atom stereocenters. The van der Waals surface area contributed by atoms with Gasteiger partial charge in [-0.3, -0.25) is 9.48 Å². The van der Waals surface area contributed by atoms with Gasteiger partial charge in [-0.15, -0.1) is 0 Å². The molecule has 1 amide bonds. The Kier molecular flexibility index (Phi) is 6.09. The van der Waals surface area contributed by atoms with E-state index in [1.807, 2.05) is 31.4 Å². The standard InChI is InChI=1S/C28H35F2N5O2/c1-27(29,30)25-14-24(33-37-25)28-15-19(28)11-13-35(17-28)12-10-18-6-8-20(9-7-18)31-26(36)21-4-3-5-23-22(21)16-34(2)32-23/h3-5,14,16,18-20H,6-13,15,17H2,1-2H3,(H,31,36). The van der Waals surface area contributed by atoms with Crippen LogP contribution in [0.3, 0.4) is 0 Å². The first-order chi connectivity index (χ1) is 17.7. The molecule has 3 fully saturated rings. The van der Waals surface area contributed by atoms with Gasteiger partial charge in [0, 0.05) is 49.6 Å². The molecule has 0 spiro atoms. The number of hydrogen-bond donors (Lipinski definition) is 1. The van der Waals surface area contributed by atoms with Gasteiger partial charge in [-0.1, -0.05) is 11.2 Å². The number of carbonyl (C=O) groups excluding carboxylic acids is 1. The number of hydrogen-bond acceptors (Lipinski definition) is 5. The summed E-state index contributed by atoms with van der Waals surface area (Å²) < 4.78 is 34.0. The SMILES string of the molecule is Cn1cc2c(C(=O)NC3CCC(CCN4CCC5CC5(c5cc(C(C)(F)F)on5)C4)CC3)cccc2n1. The van der Waals surface area contributed by atoms with E-state index < -0.39 is 5.92 Å². The molecule has 0 radical (unpaired) electrons. The zero-order valence-corrected chi connectivity index (χ0v) is 21.6. The zero-order valence-electron chi connectivity index (χ0n) is 21.6. The van der Waals surface area contributed by atoms with Crippen LogP contribution >= 0.6 is 0 Å². The number of aromatic nitrogens is 3. The van der Waals surface area contributed by atoms with Gasteiger partial charge in [-0.2, -0.15) is 13.9 Å². The quantitative estimate of drug-likeness (QED) is 0.482. The number of rotatable bonds is 7. The highest BCUT2D eigenvalue weighted by Gasteiger charge is 2.59. The fourth-order valence-electron chi connectivity index (χ4n) is 6.65. The van der Waals surface area contributed by atoms with E-state index in [4.69, 9.17) is 4.52 Å². The van der Waals surface area contributed by atoms with Crippen molar-refractivity contribution in [1.82, 2.24) is 25.2 Å². The van der Waals surface area contributed by atoms with Crippen LogP contribution in [-0.2, 0) is 18.4 Å². The van der Waals surface area contributed by atoms with Crippen molar-refractivity contribution in [3.63, 3.8) is 0 Å². The van der Waals surface area contributed by atoms with E-state index in [0.717, 1.165) is 82.4 Å². The van der Waals surface area contributed by atoms with Crippen LogP contribution in [0.2, 0.25) is 0 Å². The van der Waals surface area contributed by atoms with Crippen LogP contribution in [0.15, 0.2) is 35.0 Å². The second-order valence-electron chi connectivity index (χ2n) is 11.6. The van der Waals surface area contributed by atoms with Crippen molar-refractivity contribution in [2.75, 3.05) is 19.6 Å². The van der Waals surface area contributed by atoms with E-state index >= 15 is 0 Å². The van der Waals surface area contributed by atoms with E-state index in [0.29, 0.717) is 23.1 Å². The second-order valence-corrected chi connectivity index (χ2v) is 11.6. The normalized spacial score (nSPS) is 28.3. The van der Waals surface area contributed by atoms with Crippen molar-refractivity contribution in [3.05, 3.63) is 47.5 Å². The van der Waals surface area contributed by atoms with Crippen LogP contribution in [0.25, 0.3) is 10.9 Å². The number of nitrogens with zero attached hydrogens (tertiary/aromatic N) is 4. The smallest absolute Gasteiger partial charge is 0.304 e. The molecule has 3 aliphatic rings. The topological polar surface area (TPSA) is 76.2 Å². The minimum atomic E-state index is -3.00. The number of nitrogens with one attached hydrogen (secondary N) is 1. The summed E-state index contributed by atoms with van der Waals surface area (Å²) in [4.78, 5) is 15.5. The molecule has 2 aliphatic carbocycles. The molecule has 1 saturated heterocycles. The molecule has 3 aromatic rings. The zero-order chi connectivity index (χ0) is 25.8. The first-order valence-electron chi connectivity index (χ1n) is 13.5. The number of amides is 1. The van der Waals surface area contributed by atoms with Crippen LogP contribution in [0.1, 0.15) is 73.7 Å². The Morgan fingerprint density at radius 3 is 2.81 bits per heavy atom. The van der Waals surface area contributed by atoms with Crippen molar-refractivity contribution in [1.29, 1.82) is 0 Å². The van der Waals surface area contributed by atoms with Crippen molar-refractivity contribution >= 4 is 16.8 Å². The van der Waals surface area contributed by atoms with E-state index in [1.54, 1.807) is 4.68 Å². The number of halogens is 2. The fourth-order valence-corrected chi connectivity index (χ4v) is 6.65. The summed E-state index contributed by atoms with van der Waals surface area (Å²) in [5.74, 6) is -2.16. The van der Waals surface area contributed by atoms with Crippen molar-refractivity contribution in [2.24, 2.45) is 18.9 Å². The van der Waals surface area contributed by atoms with E-state index in [1.165, 1.54) is 6.07 Å². The first-order valence-corrected chi connectivity index (χ1v) is 13.5. The Morgan fingerprint density at radius 1 is 1.24 bits per heavy atom. The molecule has 9 heteroatoms. The van der Waals surface area contributed by atoms with E-state index in [-0.39, 0.29) is 23.1 Å². The molecule has 1 aromatic carbocycles. The largest absolute Gasteiger partial charge is 0.355 e. The van der Waals surface area contributed by atoms with E-state index in [9.17, 15) is 13.6 Å². The summed E-state index contributed by atoms with van der Waals surface area (Å²) in [7, 11) is 1.87. The maximum atomic E-state index is 13.7. The molecule has 7 nitrogen and oxygen atoms in total.